The van der Waals surface area contributed by atoms with E-state index >= 15 is 0 Å². The second-order valence-corrected chi connectivity index (χ2v) is 7.80. The van der Waals surface area contributed by atoms with Gasteiger partial charge in [0.15, 0.2) is 0 Å². The largest absolute Gasteiger partial charge is 0.399 e. The summed E-state index contributed by atoms with van der Waals surface area (Å²) in [4.78, 5) is -0.0180. The van der Waals surface area contributed by atoms with Crippen molar-refractivity contribution in [1.29, 1.82) is 0 Å². The highest BCUT2D eigenvalue weighted by Crippen LogP contribution is 2.28. The van der Waals surface area contributed by atoms with Crippen LogP contribution in [0, 0.1) is 0 Å². The smallest absolute Gasteiger partial charge is 0.242 e. The van der Waals surface area contributed by atoms with Gasteiger partial charge in [-0.2, -0.15) is 0 Å². The van der Waals surface area contributed by atoms with E-state index in [1.165, 1.54) is 18.2 Å². The molecule has 5 nitrogen and oxygen atoms in total. The number of nitrogen functional groups attached to an aromatic ring is 1. The Morgan fingerprint density at radius 1 is 1.24 bits per heavy atom. The summed E-state index contributed by atoms with van der Waals surface area (Å²) >= 11 is 5.93. The molecule has 0 amide bonds. The Labute approximate surface area is 130 Å². The van der Waals surface area contributed by atoms with Gasteiger partial charge < -0.3 is 10.8 Å². The molecule has 2 rings (SSSR count). The van der Waals surface area contributed by atoms with Crippen molar-refractivity contribution in [2.24, 2.45) is 0 Å². The number of hydrogen-bond acceptors (Lipinski definition) is 4. The summed E-state index contributed by atoms with van der Waals surface area (Å²) in [6, 6.07) is 4.26. The van der Waals surface area contributed by atoms with E-state index in [-0.39, 0.29) is 16.5 Å². The van der Waals surface area contributed by atoms with Gasteiger partial charge in [0.05, 0.1) is 10.6 Å². The van der Waals surface area contributed by atoms with Crippen molar-refractivity contribution in [3.63, 3.8) is 0 Å². The van der Waals surface area contributed by atoms with Gasteiger partial charge in [-0.1, -0.05) is 37.3 Å². The number of aliphatic hydroxyl groups is 1. The first kappa shape index (κ1) is 16.5. The molecule has 1 saturated carbocycles. The number of halogens is 1. The van der Waals surface area contributed by atoms with Crippen LogP contribution in [0.1, 0.15) is 38.5 Å². The molecule has 0 radical (unpaired) electrons. The molecular weight excluding hydrogens is 312 g/mol. The lowest BCUT2D eigenvalue weighted by Gasteiger charge is -2.26. The number of nitrogens with one attached hydrogen (secondary N) is 1. The molecule has 0 unspecified atom stereocenters. The Hall–Kier alpha value is -0.820. The molecule has 0 saturated heterocycles. The Kier molecular flexibility index (Phi) is 5.14. The fraction of sp³-hybridized carbons (Fsp3) is 0.571. The Morgan fingerprint density at radius 3 is 2.43 bits per heavy atom. The summed E-state index contributed by atoms with van der Waals surface area (Å²) in [5, 5.41) is 10.6. The normalized spacial score (nSPS) is 19.1. The van der Waals surface area contributed by atoms with Crippen molar-refractivity contribution in [1.82, 2.24) is 4.72 Å². The summed E-state index contributed by atoms with van der Waals surface area (Å²) in [7, 11) is -3.75. The highest BCUT2D eigenvalue weighted by Gasteiger charge is 2.30. The molecule has 4 N–H and O–H groups in total. The van der Waals surface area contributed by atoms with E-state index < -0.39 is 15.6 Å². The van der Waals surface area contributed by atoms with Crippen LogP contribution in [-0.2, 0) is 10.0 Å². The summed E-state index contributed by atoms with van der Waals surface area (Å²) in [5.41, 5.74) is 5.00. The van der Waals surface area contributed by atoms with E-state index in [1.54, 1.807) is 0 Å². The van der Waals surface area contributed by atoms with Crippen LogP contribution in [0.4, 0.5) is 5.69 Å². The van der Waals surface area contributed by atoms with Crippen LogP contribution >= 0.6 is 11.6 Å². The number of hydrogen-bond donors (Lipinski definition) is 3. The lowest BCUT2D eigenvalue weighted by molar-refractivity contribution is 0.0303. The molecule has 0 bridgehead atoms. The zero-order chi connectivity index (χ0) is 15.5. The monoisotopic (exact) mass is 332 g/mol. The number of anilines is 1. The molecule has 1 aromatic carbocycles. The summed E-state index contributed by atoms with van der Waals surface area (Å²) in [6.45, 7) is 0.00996. The third kappa shape index (κ3) is 4.32. The fourth-order valence-electron chi connectivity index (χ4n) is 2.61. The number of nitrogens with two attached hydrogens (primary N) is 1. The van der Waals surface area contributed by atoms with E-state index in [9.17, 15) is 13.5 Å². The number of sulfonamides is 1. The van der Waals surface area contributed by atoms with Crippen molar-refractivity contribution >= 4 is 27.3 Å². The second kappa shape index (κ2) is 6.52. The van der Waals surface area contributed by atoms with Gasteiger partial charge in [0.25, 0.3) is 0 Å². The van der Waals surface area contributed by atoms with E-state index in [0.29, 0.717) is 18.5 Å². The van der Waals surface area contributed by atoms with Crippen LogP contribution in [-0.4, -0.2) is 25.7 Å². The molecule has 21 heavy (non-hydrogen) atoms. The first-order valence-corrected chi connectivity index (χ1v) is 8.96. The SMILES string of the molecule is Nc1ccc(S(=O)(=O)NCC2(O)CCCCCC2)c(Cl)c1. The third-order valence-corrected chi connectivity index (χ3v) is 5.76. The molecule has 1 aliphatic rings. The highest BCUT2D eigenvalue weighted by atomic mass is 35.5. The van der Waals surface area contributed by atoms with E-state index in [0.717, 1.165) is 25.7 Å². The maximum absolute atomic E-state index is 12.3. The van der Waals surface area contributed by atoms with Crippen LogP contribution in [0.15, 0.2) is 23.1 Å². The van der Waals surface area contributed by atoms with Crippen molar-refractivity contribution in [3.05, 3.63) is 23.2 Å². The number of rotatable bonds is 4. The van der Waals surface area contributed by atoms with E-state index in [2.05, 4.69) is 4.72 Å². The van der Waals surface area contributed by atoms with Crippen molar-refractivity contribution in [3.8, 4) is 0 Å². The molecule has 0 heterocycles. The molecule has 1 aromatic rings. The average Bonchev–Trinajstić information content (AvgIpc) is 2.62. The minimum Gasteiger partial charge on any atom is -0.399 e. The molecule has 0 aliphatic heterocycles. The highest BCUT2D eigenvalue weighted by molar-refractivity contribution is 7.89. The topological polar surface area (TPSA) is 92.4 Å². The van der Waals surface area contributed by atoms with Gasteiger partial charge in [-0.15, -0.1) is 0 Å². The zero-order valence-corrected chi connectivity index (χ0v) is 13.4. The summed E-state index contributed by atoms with van der Waals surface area (Å²) in [6.07, 6.45) is 5.23. The van der Waals surface area contributed by atoms with Gasteiger partial charge in [0.2, 0.25) is 10.0 Å². The van der Waals surface area contributed by atoms with Crippen LogP contribution in [0.5, 0.6) is 0 Å². The lowest BCUT2D eigenvalue weighted by atomic mass is 9.95. The Morgan fingerprint density at radius 2 is 1.86 bits per heavy atom. The molecule has 1 fully saturated rings. The van der Waals surface area contributed by atoms with Gasteiger partial charge in [0.1, 0.15) is 4.90 Å². The average molecular weight is 333 g/mol. The molecule has 0 aromatic heterocycles. The molecule has 0 atom stereocenters. The van der Waals surface area contributed by atoms with Gasteiger partial charge in [-0.3, -0.25) is 0 Å². The second-order valence-electron chi connectivity index (χ2n) is 5.65. The quantitative estimate of drug-likeness (QED) is 0.582. The summed E-state index contributed by atoms with van der Waals surface area (Å²) in [5.74, 6) is 0. The minimum atomic E-state index is -3.75. The first-order valence-electron chi connectivity index (χ1n) is 7.10. The third-order valence-electron chi connectivity index (χ3n) is 3.87. The Balaban J connectivity index is 2.10. The van der Waals surface area contributed by atoms with Gasteiger partial charge in [-0.05, 0) is 31.0 Å². The van der Waals surface area contributed by atoms with Gasteiger partial charge in [-0.25, -0.2) is 13.1 Å². The minimum absolute atomic E-state index is 0.00996. The van der Waals surface area contributed by atoms with E-state index in [4.69, 9.17) is 17.3 Å². The predicted molar refractivity (Wildman–Crippen MR) is 83.7 cm³/mol. The van der Waals surface area contributed by atoms with E-state index in [1.807, 2.05) is 0 Å². The van der Waals surface area contributed by atoms with Crippen molar-refractivity contribution in [2.75, 3.05) is 12.3 Å². The maximum atomic E-state index is 12.3. The van der Waals surface area contributed by atoms with Crippen LogP contribution < -0.4 is 10.5 Å². The Bertz CT molecular complexity index is 596. The van der Waals surface area contributed by atoms with Gasteiger partial charge >= 0.3 is 0 Å². The standard InChI is InChI=1S/C14H21ClN2O3S/c15-12-9-11(16)5-6-13(12)21(19,20)17-10-14(18)7-3-1-2-4-8-14/h5-6,9,17-18H,1-4,7-8,10,16H2. The zero-order valence-electron chi connectivity index (χ0n) is 11.8. The predicted octanol–water partition coefficient (Wildman–Crippen LogP) is 2.29. The molecule has 118 valence electrons. The molecule has 7 heteroatoms. The fourth-order valence-corrected chi connectivity index (χ4v) is 4.28. The molecule has 1 aliphatic carbocycles. The van der Waals surface area contributed by atoms with Crippen LogP contribution in [0.3, 0.4) is 0 Å². The van der Waals surface area contributed by atoms with Crippen molar-refractivity contribution in [2.45, 2.75) is 49.0 Å². The summed E-state index contributed by atoms with van der Waals surface area (Å²) < 4.78 is 27.0. The molecule has 0 spiro atoms. The van der Waals surface area contributed by atoms with Crippen LogP contribution in [0.25, 0.3) is 0 Å². The van der Waals surface area contributed by atoms with Crippen molar-refractivity contribution < 1.29 is 13.5 Å². The number of benzene rings is 1. The van der Waals surface area contributed by atoms with Gasteiger partial charge in [0, 0.05) is 12.2 Å². The molecular formula is C14H21ClN2O3S. The maximum Gasteiger partial charge on any atom is 0.242 e. The first-order chi connectivity index (χ1) is 9.82. The lowest BCUT2D eigenvalue weighted by Crippen LogP contribution is -2.42. The van der Waals surface area contributed by atoms with Crippen LogP contribution in [0.2, 0.25) is 5.02 Å².